The third kappa shape index (κ3) is 8.24. The van der Waals surface area contributed by atoms with E-state index in [-0.39, 0.29) is 26.2 Å². The number of anilines is 1. The summed E-state index contributed by atoms with van der Waals surface area (Å²) in [6, 6.07) is 7.02. The van der Waals surface area contributed by atoms with E-state index >= 15 is 0 Å². The summed E-state index contributed by atoms with van der Waals surface area (Å²) >= 11 is 0. The minimum Gasteiger partial charge on any atom is -0.358 e. The smallest absolute Gasteiger partial charge is 0.321 e. The molecule has 1 aromatic carbocycles. The van der Waals surface area contributed by atoms with E-state index in [1.165, 1.54) is 46.7 Å². The van der Waals surface area contributed by atoms with Gasteiger partial charge in [-0.3, -0.25) is 19.2 Å². The minimum absolute atomic E-state index is 0.0964. The number of urea groups is 1. The number of benzene rings is 1. The first-order valence-corrected chi connectivity index (χ1v) is 12.0. The Morgan fingerprint density at radius 1 is 0.722 bits per heavy atom. The third-order valence-electron chi connectivity index (χ3n) is 5.96. The second kappa shape index (κ2) is 13.5. The van der Waals surface area contributed by atoms with Crippen LogP contribution < -0.4 is 26.6 Å². The van der Waals surface area contributed by atoms with E-state index in [0.29, 0.717) is 5.69 Å². The van der Waals surface area contributed by atoms with E-state index in [4.69, 9.17) is 0 Å². The molecule has 1 rings (SSSR count). The number of amides is 6. The van der Waals surface area contributed by atoms with Crippen LogP contribution in [0.3, 0.4) is 0 Å². The monoisotopic (exact) mass is 504 g/mol. The first-order valence-electron chi connectivity index (χ1n) is 12.0. The molecule has 6 amide bonds. The molecule has 1 aromatic rings. The van der Waals surface area contributed by atoms with E-state index in [1.807, 2.05) is 19.1 Å². The van der Waals surface area contributed by atoms with E-state index < -0.39 is 40.5 Å². The number of rotatable bonds is 12. The number of carbonyl (C=O) groups excluding carboxylic acids is 5. The Bertz CT molecular complexity index is 897. The lowest BCUT2D eigenvalue weighted by molar-refractivity contribution is -0.142. The maximum atomic E-state index is 13.0. The number of nitrogens with one attached hydrogen (secondary N) is 5. The molecule has 0 unspecified atom stereocenters. The molecule has 200 valence electrons. The van der Waals surface area contributed by atoms with Crippen molar-refractivity contribution in [3.63, 3.8) is 0 Å². The molecule has 0 radical (unpaired) electrons. The number of carbonyl (C=O) groups is 5. The highest BCUT2D eigenvalue weighted by Gasteiger charge is 2.36. The van der Waals surface area contributed by atoms with Crippen LogP contribution in [0.15, 0.2) is 24.3 Å². The topological polar surface area (TPSA) is 149 Å². The fraction of sp³-hybridized carbons (Fsp3) is 0.560. The van der Waals surface area contributed by atoms with Crippen LogP contribution in [-0.4, -0.2) is 74.8 Å². The summed E-state index contributed by atoms with van der Waals surface area (Å²) in [5, 5.41) is 13.1. The molecule has 36 heavy (non-hydrogen) atoms. The molecule has 0 saturated carbocycles. The molecule has 0 saturated heterocycles. The summed E-state index contributed by atoms with van der Waals surface area (Å²) in [7, 11) is 2.91. The molecule has 0 heterocycles. The lowest BCUT2D eigenvalue weighted by atomic mass is 9.91. The lowest BCUT2D eigenvalue weighted by Crippen LogP contribution is -2.51. The second-order valence-corrected chi connectivity index (χ2v) is 9.39. The number of hydrogen-bond donors (Lipinski definition) is 5. The average molecular weight is 505 g/mol. The summed E-state index contributed by atoms with van der Waals surface area (Å²) in [6.45, 7) is 8.52. The van der Waals surface area contributed by atoms with Crippen LogP contribution in [0.4, 0.5) is 10.5 Å². The first kappa shape index (κ1) is 30.4. The molecule has 11 nitrogen and oxygen atoms in total. The lowest BCUT2D eigenvalue weighted by Gasteiger charge is -2.26. The van der Waals surface area contributed by atoms with Crippen molar-refractivity contribution in [3.8, 4) is 0 Å². The number of nitrogens with zero attached hydrogens (tertiary/aromatic N) is 1. The van der Waals surface area contributed by atoms with Crippen molar-refractivity contribution in [2.45, 2.75) is 41.0 Å². The van der Waals surface area contributed by atoms with Gasteiger partial charge in [0.15, 0.2) is 0 Å². The Morgan fingerprint density at radius 3 is 1.50 bits per heavy atom. The third-order valence-corrected chi connectivity index (χ3v) is 5.96. The van der Waals surface area contributed by atoms with Gasteiger partial charge in [-0.2, -0.15) is 0 Å². The van der Waals surface area contributed by atoms with Gasteiger partial charge in [-0.25, -0.2) is 4.79 Å². The molecule has 0 aliphatic carbocycles. The van der Waals surface area contributed by atoms with Gasteiger partial charge in [-0.1, -0.05) is 19.1 Å². The van der Waals surface area contributed by atoms with Crippen molar-refractivity contribution in [2.24, 2.45) is 10.8 Å². The van der Waals surface area contributed by atoms with Crippen molar-refractivity contribution >= 4 is 35.3 Å². The van der Waals surface area contributed by atoms with Gasteiger partial charge in [-0.05, 0) is 51.8 Å². The predicted octanol–water partition coefficient (Wildman–Crippen LogP) is 0.860. The molecule has 0 aliphatic rings. The standard InChI is InChI=1S/C25H40N6O5/c1-8-17-9-11-18(12-10-17)30-23(36)31(15-13-28-21(34)24(2,3)19(32)26-6)16-14-29-22(35)25(4,5)20(33)27-7/h9-12H,8,13-16H2,1-7H3,(H,26,32)(H,27,33)(H,28,34)(H,29,35)(H,30,36). The van der Waals surface area contributed by atoms with E-state index in [0.717, 1.165) is 12.0 Å². The van der Waals surface area contributed by atoms with Crippen molar-refractivity contribution < 1.29 is 24.0 Å². The zero-order valence-corrected chi connectivity index (χ0v) is 22.3. The van der Waals surface area contributed by atoms with Crippen LogP contribution >= 0.6 is 0 Å². The van der Waals surface area contributed by atoms with E-state index in [1.54, 1.807) is 12.1 Å². The zero-order chi connectivity index (χ0) is 27.5. The molecule has 0 spiro atoms. The Hall–Kier alpha value is -3.63. The Balaban J connectivity index is 2.85. The summed E-state index contributed by atoms with van der Waals surface area (Å²) in [6.07, 6.45) is 0.874. The fourth-order valence-corrected chi connectivity index (χ4v) is 3.22. The molecule has 0 aromatic heterocycles. The molecule has 0 aliphatic heterocycles. The highest BCUT2D eigenvalue weighted by molar-refractivity contribution is 6.04. The van der Waals surface area contributed by atoms with Gasteiger partial charge in [0.2, 0.25) is 23.6 Å². The van der Waals surface area contributed by atoms with Crippen LogP contribution in [0.25, 0.3) is 0 Å². The van der Waals surface area contributed by atoms with Crippen molar-refractivity contribution in [1.82, 2.24) is 26.2 Å². The largest absolute Gasteiger partial charge is 0.358 e. The number of aryl methyl sites for hydroxylation is 1. The van der Waals surface area contributed by atoms with E-state index in [2.05, 4.69) is 26.6 Å². The van der Waals surface area contributed by atoms with Gasteiger partial charge in [0, 0.05) is 46.0 Å². The summed E-state index contributed by atoms with van der Waals surface area (Å²) < 4.78 is 0. The van der Waals surface area contributed by atoms with Crippen LogP contribution in [-0.2, 0) is 25.6 Å². The Labute approximate surface area is 213 Å². The molecule has 0 atom stereocenters. The van der Waals surface area contributed by atoms with Crippen molar-refractivity contribution in [3.05, 3.63) is 29.8 Å². The summed E-state index contributed by atoms with van der Waals surface area (Å²) in [4.78, 5) is 63.3. The van der Waals surface area contributed by atoms with E-state index in [9.17, 15) is 24.0 Å². The maximum absolute atomic E-state index is 13.0. The molecule has 0 bridgehead atoms. The average Bonchev–Trinajstić information content (AvgIpc) is 2.86. The van der Waals surface area contributed by atoms with Gasteiger partial charge in [0.25, 0.3) is 0 Å². The Kier molecular flexibility index (Phi) is 11.4. The van der Waals surface area contributed by atoms with Crippen LogP contribution in [0, 0.1) is 10.8 Å². The van der Waals surface area contributed by atoms with Crippen molar-refractivity contribution in [2.75, 3.05) is 45.6 Å². The SMILES string of the molecule is CCc1ccc(NC(=O)N(CCNC(=O)C(C)(C)C(=O)NC)CCNC(=O)C(C)(C)C(=O)NC)cc1. The Morgan fingerprint density at radius 2 is 1.14 bits per heavy atom. The summed E-state index contributed by atoms with van der Waals surface area (Å²) in [5.74, 6) is -1.80. The van der Waals surface area contributed by atoms with Gasteiger partial charge in [0.05, 0.1) is 0 Å². The van der Waals surface area contributed by atoms with Crippen LogP contribution in [0.5, 0.6) is 0 Å². The quantitative estimate of drug-likeness (QED) is 0.268. The highest BCUT2D eigenvalue weighted by Crippen LogP contribution is 2.16. The summed E-state index contributed by atoms with van der Waals surface area (Å²) in [5.41, 5.74) is -0.811. The van der Waals surface area contributed by atoms with Gasteiger partial charge < -0.3 is 31.5 Å². The minimum atomic E-state index is -1.28. The van der Waals surface area contributed by atoms with Gasteiger partial charge in [-0.15, -0.1) is 0 Å². The zero-order valence-electron chi connectivity index (χ0n) is 22.3. The maximum Gasteiger partial charge on any atom is 0.321 e. The molecule has 0 fully saturated rings. The van der Waals surface area contributed by atoms with Crippen LogP contribution in [0.1, 0.15) is 40.2 Å². The van der Waals surface area contributed by atoms with Gasteiger partial charge >= 0.3 is 6.03 Å². The fourth-order valence-electron chi connectivity index (χ4n) is 3.22. The number of hydrogen-bond acceptors (Lipinski definition) is 5. The molecular weight excluding hydrogens is 464 g/mol. The van der Waals surface area contributed by atoms with Gasteiger partial charge in [0.1, 0.15) is 10.8 Å². The molecular formula is C25H40N6O5. The second-order valence-electron chi connectivity index (χ2n) is 9.39. The first-order chi connectivity index (χ1) is 16.8. The van der Waals surface area contributed by atoms with Crippen LogP contribution in [0.2, 0.25) is 0 Å². The highest BCUT2D eigenvalue weighted by atomic mass is 16.2. The molecule has 11 heteroatoms. The van der Waals surface area contributed by atoms with Crippen molar-refractivity contribution in [1.29, 1.82) is 0 Å². The predicted molar refractivity (Wildman–Crippen MR) is 138 cm³/mol. The normalized spacial score (nSPS) is 11.2. The molecule has 5 N–H and O–H groups in total.